The van der Waals surface area contributed by atoms with Gasteiger partial charge < -0.3 is 9.42 Å². The normalized spacial score (nSPS) is 20.6. The van der Waals surface area contributed by atoms with E-state index in [4.69, 9.17) is 4.52 Å². The standard InChI is InChI=1S/C18H19FN2O2/c19-15-7-3-1-5-13(15)12-9-10-21(11-12)18(22)17-14-6-2-4-8-16(14)23-20-17/h1,3,5,7,12H,2,4,6,8-11H2/t12-/m0/s1. The molecular weight excluding hydrogens is 295 g/mol. The van der Waals surface area contributed by atoms with Crippen molar-refractivity contribution < 1.29 is 13.7 Å². The molecule has 1 aliphatic heterocycles. The van der Waals surface area contributed by atoms with Gasteiger partial charge in [-0.2, -0.15) is 0 Å². The van der Waals surface area contributed by atoms with E-state index >= 15 is 0 Å². The van der Waals surface area contributed by atoms with Gasteiger partial charge in [0.05, 0.1) is 0 Å². The van der Waals surface area contributed by atoms with Gasteiger partial charge in [-0.3, -0.25) is 4.79 Å². The van der Waals surface area contributed by atoms with Crippen LogP contribution in [0.25, 0.3) is 0 Å². The number of aryl methyl sites for hydroxylation is 1. The molecule has 1 amide bonds. The van der Waals surface area contributed by atoms with E-state index in [2.05, 4.69) is 5.16 Å². The molecule has 0 spiro atoms. The molecule has 0 saturated carbocycles. The summed E-state index contributed by atoms with van der Waals surface area (Å²) in [7, 11) is 0. The number of nitrogens with zero attached hydrogens (tertiary/aromatic N) is 2. The molecule has 2 heterocycles. The molecule has 2 aromatic rings. The van der Waals surface area contributed by atoms with Crippen molar-refractivity contribution in [1.29, 1.82) is 0 Å². The Morgan fingerprint density at radius 2 is 2.09 bits per heavy atom. The molecule has 1 fully saturated rings. The van der Waals surface area contributed by atoms with Crippen molar-refractivity contribution in [3.05, 3.63) is 52.7 Å². The second-order valence-corrected chi connectivity index (χ2v) is 6.40. The molecule has 1 atom stereocenters. The summed E-state index contributed by atoms with van der Waals surface area (Å²) in [5, 5.41) is 4.02. The zero-order valence-corrected chi connectivity index (χ0v) is 12.9. The van der Waals surface area contributed by atoms with Crippen molar-refractivity contribution in [1.82, 2.24) is 10.1 Å². The van der Waals surface area contributed by atoms with Gasteiger partial charge in [0.25, 0.3) is 5.91 Å². The fourth-order valence-corrected chi connectivity index (χ4v) is 3.71. The summed E-state index contributed by atoms with van der Waals surface area (Å²) in [5.74, 6) is 0.661. The molecule has 1 aromatic heterocycles. The number of carbonyl (C=O) groups is 1. The Hall–Kier alpha value is -2.17. The van der Waals surface area contributed by atoms with Gasteiger partial charge in [0.2, 0.25) is 0 Å². The van der Waals surface area contributed by atoms with Crippen molar-refractivity contribution in [2.24, 2.45) is 0 Å². The average molecular weight is 314 g/mol. The van der Waals surface area contributed by atoms with Gasteiger partial charge in [-0.15, -0.1) is 0 Å². The Morgan fingerprint density at radius 3 is 2.96 bits per heavy atom. The van der Waals surface area contributed by atoms with E-state index in [1.54, 1.807) is 11.0 Å². The fraction of sp³-hybridized carbons (Fsp3) is 0.444. The molecule has 1 aliphatic carbocycles. The van der Waals surface area contributed by atoms with Crippen molar-refractivity contribution in [2.45, 2.75) is 38.0 Å². The topological polar surface area (TPSA) is 46.3 Å². The number of amides is 1. The summed E-state index contributed by atoms with van der Waals surface area (Å²) in [6, 6.07) is 6.83. The number of halogens is 1. The number of fused-ring (bicyclic) bond motifs is 1. The number of hydrogen-bond donors (Lipinski definition) is 0. The maximum atomic E-state index is 13.9. The number of likely N-dealkylation sites (tertiary alicyclic amines) is 1. The molecule has 23 heavy (non-hydrogen) atoms. The molecule has 4 rings (SSSR count). The highest BCUT2D eigenvalue weighted by Crippen LogP contribution is 2.31. The third kappa shape index (κ3) is 2.54. The van der Waals surface area contributed by atoms with E-state index in [-0.39, 0.29) is 17.6 Å². The molecule has 0 unspecified atom stereocenters. The first kappa shape index (κ1) is 14.4. The van der Waals surface area contributed by atoms with Crippen LogP contribution in [0, 0.1) is 5.82 Å². The van der Waals surface area contributed by atoms with Crippen molar-refractivity contribution in [3.63, 3.8) is 0 Å². The summed E-state index contributed by atoms with van der Waals surface area (Å²) in [6.45, 7) is 1.18. The Bertz CT molecular complexity index is 740. The molecule has 1 saturated heterocycles. The molecule has 2 aliphatic rings. The average Bonchev–Trinajstić information content (AvgIpc) is 3.22. The SMILES string of the molecule is O=C(c1noc2c1CCCC2)N1CC[C@H](c2ccccc2F)C1. The predicted octanol–water partition coefficient (Wildman–Crippen LogP) is 3.32. The summed E-state index contributed by atoms with van der Waals surface area (Å²) >= 11 is 0. The van der Waals surface area contributed by atoms with Gasteiger partial charge in [0.1, 0.15) is 11.6 Å². The third-order valence-corrected chi connectivity index (χ3v) is 4.97. The summed E-state index contributed by atoms with van der Waals surface area (Å²) in [6.07, 6.45) is 4.69. The number of rotatable bonds is 2. The van der Waals surface area contributed by atoms with Crippen LogP contribution in [0.2, 0.25) is 0 Å². The van der Waals surface area contributed by atoms with Gasteiger partial charge in [0, 0.05) is 31.0 Å². The molecule has 0 radical (unpaired) electrons. The van der Waals surface area contributed by atoms with Gasteiger partial charge in [0.15, 0.2) is 5.69 Å². The highest BCUT2D eigenvalue weighted by molar-refractivity contribution is 5.94. The number of benzene rings is 1. The summed E-state index contributed by atoms with van der Waals surface area (Å²) < 4.78 is 19.3. The highest BCUT2D eigenvalue weighted by atomic mass is 19.1. The first-order valence-electron chi connectivity index (χ1n) is 8.25. The maximum Gasteiger partial charge on any atom is 0.276 e. The third-order valence-electron chi connectivity index (χ3n) is 4.97. The molecule has 120 valence electrons. The molecule has 1 aromatic carbocycles. The van der Waals surface area contributed by atoms with E-state index in [9.17, 15) is 9.18 Å². The maximum absolute atomic E-state index is 13.9. The van der Waals surface area contributed by atoms with E-state index in [1.165, 1.54) is 6.07 Å². The monoisotopic (exact) mass is 314 g/mol. The minimum Gasteiger partial charge on any atom is -0.360 e. The number of carbonyl (C=O) groups excluding carboxylic acids is 1. The lowest BCUT2D eigenvalue weighted by molar-refractivity contribution is 0.0779. The van der Waals surface area contributed by atoms with Crippen molar-refractivity contribution in [3.8, 4) is 0 Å². The van der Waals surface area contributed by atoms with Crippen molar-refractivity contribution in [2.75, 3.05) is 13.1 Å². The zero-order valence-electron chi connectivity index (χ0n) is 12.9. The summed E-state index contributed by atoms with van der Waals surface area (Å²) in [5.41, 5.74) is 2.15. The molecule has 0 bridgehead atoms. The van der Waals surface area contributed by atoms with Crippen LogP contribution >= 0.6 is 0 Å². The molecular formula is C18H19FN2O2. The largest absolute Gasteiger partial charge is 0.360 e. The smallest absolute Gasteiger partial charge is 0.276 e. The Labute approximate surface area is 134 Å². The zero-order chi connectivity index (χ0) is 15.8. The number of hydrogen-bond acceptors (Lipinski definition) is 3. The lowest BCUT2D eigenvalue weighted by atomic mass is 9.96. The van der Waals surface area contributed by atoms with E-state index in [0.29, 0.717) is 24.3 Å². The van der Waals surface area contributed by atoms with Crippen LogP contribution in [0.3, 0.4) is 0 Å². The first-order valence-corrected chi connectivity index (χ1v) is 8.25. The van der Waals surface area contributed by atoms with Crippen LogP contribution < -0.4 is 0 Å². The second-order valence-electron chi connectivity index (χ2n) is 6.40. The first-order chi connectivity index (χ1) is 11.2. The Balaban J connectivity index is 1.53. The fourth-order valence-electron chi connectivity index (χ4n) is 3.71. The van der Waals surface area contributed by atoms with E-state index < -0.39 is 0 Å². The second kappa shape index (κ2) is 5.80. The van der Waals surface area contributed by atoms with Crippen molar-refractivity contribution >= 4 is 5.91 Å². The van der Waals surface area contributed by atoms with Crippen LogP contribution in [0.1, 0.15) is 52.6 Å². The van der Waals surface area contributed by atoms with Crippen LogP contribution in [0.15, 0.2) is 28.8 Å². The lowest BCUT2D eigenvalue weighted by Gasteiger charge is -2.17. The quantitative estimate of drug-likeness (QED) is 0.854. The Kier molecular flexibility index (Phi) is 3.63. The van der Waals surface area contributed by atoms with Gasteiger partial charge in [-0.25, -0.2) is 4.39 Å². The van der Waals surface area contributed by atoms with Gasteiger partial charge in [-0.05, 0) is 37.3 Å². The minimum atomic E-state index is -0.189. The minimum absolute atomic E-state index is 0.0582. The Morgan fingerprint density at radius 1 is 1.26 bits per heavy atom. The van der Waals surface area contributed by atoms with Crippen LogP contribution in [-0.2, 0) is 12.8 Å². The van der Waals surface area contributed by atoms with Gasteiger partial charge >= 0.3 is 0 Å². The van der Waals surface area contributed by atoms with Crippen LogP contribution in [-0.4, -0.2) is 29.1 Å². The molecule has 0 N–H and O–H groups in total. The van der Waals surface area contributed by atoms with Crippen LogP contribution in [0.5, 0.6) is 0 Å². The predicted molar refractivity (Wildman–Crippen MR) is 82.8 cm³/mol. The molecule has 5 heteroatoms. The van der Waals surface area contributed by atoms with E-state index in [0.717, 1.165) is 43.4 Å². The molecule has 4 nitrogen and oxygen atoms in total. The lowest BCUT2D eigenvalue weighted by Crippen LogP contribution is -2.29. The number of aromatic nitrogens is 1. The van der Waals surface area contributed by atoms with Gasteiger partial charge in [-0.1, -0.05) is 23.4 Å². The van der Waals surface area contributed by atoms with Crippen LogP contribution in [0.4, 0.5) is 4.39 Å². The van der Waals surface area contributed by atoms with E-state index in [1.807, 2.05) is 12.1 Å². The summed E-state index contributed by atoms with van der Waals surface area (Å²) in [4.78, 5) is 14.5. The highest BCUT2D eigenvalue weighted by Gasteiger charge is 2.33.